The molecule has 0 aliphatic rings. The zero-order chi connectivity index (χ0) is 10.9. The summed E-state index contributed by atoms with van der Waals surface area (Å²) < 4.78 is 26.5. The van der Waals surface area contributed by atoms with E-state index >= 15 is 0 Å². The van der Waals surface area contributed by atoms with Gasteiger partial charge in [0.05, 0.1) is 0 Å². The highest BCUT2D eigenvalue weighted by Crippen LogP contribution is 2.29. The standard InChI is InChI=1S/C9H5NO3S2/c11-6-10-15(12,13)9-5-7-3-1-2-4-8(7)14-9/h1-5H. The molecule has 2 aromatic rings. The number of rotatable bonds is 2. The highest BCUT2D eigenvalue weighted by atomic mass is 32.2. The summed E-state index contributed by atoms with van der Waals surface area (Å²) in [5, 5.41) is 0.821. The molecule has 1 heterocycles. The first kappa shape index (κ1) is 10.0. The first-order valence-electron chi connectivity index (χ1n) is 3.96. The van der Waals surface area contributed by atoms with Crippen molar-refractivity contribution < 1.29 is 13.2 Å². The van der Waals surface area contributed by atoms with Crippen molar-refractivity contribution in [3.63, 3.8) is 0 Å². The lowest BCUT2D eigenvalue weighted by atomic mass is 10.3. The quantitative estimate of drug-likeness (QED) is 0.594. The van der Waals surface area contributed by atoms with Crippen molar-refractivity contribution >= 4 is 37.5 Å². The summed E-state index contributed by atoms with van der Waals surface area (Å²) in [5.41, 5.74) is 0. The van der Waals surface area contributed by atoms with Gasteiger partial charge in [0.15, 0.2) is 0 Å². The first-order chi connectivity index (χ1) is 7.13. The lowest BCUT2D eigenvalue weighted by Crippen LogP contribution is -1.91. The van der Waals surface area contributed by atoms with Gasteiger partial charge in [-0.3, -0.25) is 0 Å². The van der Waals surface area contributed by atoms with Crippen molar-refractivity contribution in [1.29, 1.82) is 0 Å². The van der Waals surface area contributed by atoms with Gasteiger partial charge < -0.3 is 0 Å². The second-order valence-electron chi connectivity index (χ2n) is 2.76. The molecular weight excluding hydrogens is 234 g/mol. The first-order valence-corrected chi connectivity index (χ1v) is 6.22. The average molecular weight is 239 g/mol. The molecule has 0 aliphatic carbocycles. The zero-order valence-electron chi connectivity index (χ0n) is 7.38. The Bertz CT molecular complexity index is 618. The van der Waals surface area contributed by atoms with E-state index in [0.717, 1.165) is 27.5 Å². The summed E-state index contributed by atoms with van der Waals surface area (Å²) in [6.07, 6.45) is 1.04. The maximum absolute atomic E-state index is 11.4. The largest absolute Gasteiger partial charge is 0.302 e. The number of isocyanates is 1. The van der Waals surface area contributed by atoms with Gasteiger partial charge in [-0.15, -0.1) is 11.3 Å². The minimum absolute atomic E-state index is 0.0621. The van der Waals surface area contributed by atoms with E-state index in [4.69, 9.17) is 0 Å². The van der Waals surface area contributed by atoms with Crippen molar-refractivity contribution in [2.45, 2.75) is 4.21 Å². The Hall–Kier alpha value is -1.49. The van der Waals surface area contributed by atoms with Crippen LogP contribution in [0.1, 0.15) is 0 Å². The van der Waals surface area contributed by atoms with E-state index in [9.17, 15) is 13.2 Å². The fourth-order valence-electron chi connectivity index (χ4n) is 1.18. The molecule has 0 amide bonds. The van der Waals surface area contributed by atoms with E-state index in [0.29, 0.717) is 0 Å². The molecular formula is C9H5NO3S2. The summed E-state index contributed by atoms with van der Waals surface area (Å²) in [5.74, 6) is 0. The van der Waals surface area contributed by atoms with Crippen LogP contribution in [0.25, 0.3) is 10.1 Å². The van der Waals surface area contributed by atoms with E-state index in [-0.39, 0.29) is 4.21 Å². The molecule has 0 saturated heterocycles. The third kappa shape index (κ3) is 1.83. The van der Waals surface area contributed by atoms with Gasteiger partial charge in [-0.1, -0.05) is 22.6 Å². The number of carbonyl (C=O) groups excluding carboxylic acids is 1. The van der Waals surface area contributed by atoms with Crippen molar-refractivity contribution in [3.8, 4) is 0 Å². The minimum Gasteiger partial charge on any atom is -0.210 e. The fraction of sp³-hybridized carbons (Fsp3) is 0. The number of fused-ring (bicyclic) bond motifs is 1. The van der Waals surface area contributed by atoms with E-state index in [1.165, 1.54) is 6.07 Å². The number of thiophene rings is 1. The van der Waals surface area contributed by atoms with Crippen LogP contribution in [0.2, 0.25) is 0 Å². The van der Waals surface area contributed by atoms with Gasteiger partial charge in [-0.2, -0.15) is 8.42 Å². The molecule has 0 unspecified atom stereocenters. The molecule has 6 heteroatoms. The van der Waals surface area contributed by atoms with Crippen LogP contribution in [0, 0.1) is 0 Å². The molecule has 0 radical (unpaired) electrons. The topological polar surface area (TPSA) is 63.6 Å². The number of sulfonamides is 1. The third-order valence-electron chi connectivity index (χ3n) is 1.81. The predicted octanol–water partition coefficient (Wildman–Crippen LogP) is 1.93. The Kier molecular flexibility index (Phi) is 2.40. The molecule has 2 rings (SSSR count). The maximum atomic E-state index is 11.4. The van der Waals surface area contributed by atoms with Crippen molar-refractivity contribution in [2.24, 2.45) is 4.40 Å². The number of hydrogen-bond acceptors (Lipinski definition) is 4. The lowest BCUT2D eigenvalue weighted by molar-refractivity contribution is 0.564. The summed E-state index contributed by atoms with van der Waals surface area (Å²) in [7, 11) is -3.85. The minimum atomic E-state index is -3.85. The summed E-state index contributed by atoms with van der Waals surface area (Å²) >= 11 is 1.08. The molecule has 1 aromatic heterocycles. The van der Waals surface area contributed by atoms with Crippen LogP contribution >= 0.6 is 11.3 Å². The van der Waals surface area contributed by atoms with Crippen LogP contribution in [0.3, 0.4) is 0 Å². The van der Waals surface area contributed by atoms with Gasteiger partial charge in [0.25, 0.3) is 6.08 Å². The molecule has 76 valence electrons. The molecule has 0 spiro atoms. The molecule has 0 aliphatic heterocycles. The van der Waals surface area contributed by atoms with E-state index in [1.54, 1.807) is 6.07 Å². The van der Waals surface area contributed by atoms with Crippen LogP contribution in [0.5, 0.6) is 0 Å². The van der Waals surface area contributed by atoms with Crippen molar-refractivity contribution in [2.75, 3.05) is 0 Å². The fourth-order valence-corrected chi connectivity index (χ4v) is 3.24. The van der Waals surface area contributed by atoms with Crippen molar-refractivity contribution in [3.05, 3.63) is 30.3 Å². The van der Waals surface area contributed by atoms with Crippen LogP contribution in [0.15, 0.2) is 38.9 Å². The second-order valence-corrected chi connectivity index (χ2v) is 5.68. The van der Waals surface area contributed by atoms with Gasteiger partial charge in [-0.25, -0.2) is 4.79 Å². The second kappa shape index (κ2) is 3.58. The molecule has 1 aromatic carbocycles. The Morgan fingerprint density at radius 1 is 1.27 bits per heavy atom. The summed E-state index contributed by atoms with van der Waals surface area (Å²) in [6.45, 7) is 0. The van der Waals surface area contributed by atoms with E-state index < -0.39 is 10.0 Å². The molecule has 4 nitrogen and oxygen atoms in total. The Morgan fingerprint density at radius 2 is 2.00 bits per heavy atom. The molecule has 0 N–H and O–H groups in total. The molecule has 0 fully saturated rings. The van der Waals surface area contributed by atoms with Crippen LogP contribution in [-0.2, 0) is 14.8 Å². The molecule has 0 saturated carbocycles. The highest BCUT2D eigenvalue weighted by molar-refractivity contribution is 7.92. The SMILES string of the molecule is O=C=NS(=O)(=O)c1cc2ccccc2s1. The van der Waals surface area contributed by atoms with E-state index in [2.05, 4.69) is 4.40 Å². The van der Waals surface area contributed by atoms with Gasteiger partial charge in [-0.05, 0) is 17.5 Å². The van der Waals surface area contributed by atoms with Gasteiger partial charge in [0.1, 0.15) is 4.21 Å². The van der Waals surface area contributed by atoms with Gasteiger partial charge in [0.2, 0.25) is 0 Å². The Morgan fingerprint density at radius 3 is 2.67 bits per heavy atom. The highest BCUT2D eigenvalue weighted by Gasteiger charge is 2.15. The smallest absolute Gasteiger partial charge is 0.210 e. The average Bonchev–Trinajstić information content (AvgIpc) is 2.61. The van der Waals surface area contributed by atoms with Crippen LogP contribution in [-0.4, -0.2) is 14.5 Å². The third-order valence-corrected chi connectivity index (χ3v) is 4.55. The van der Waals surface area contributed by atoms with Crippen molar-refractivity contribution in [1.82, 2.24) is 0 Å². The van der Waals surface area contributed by atoms with Crippen LogP contribution < -0.4 is 0 Å². The summed E-state index contributed by atoms with van der Waals surface area (Å²) in [4.78, 5) is 9.94. The van der Waals surface area contributed by atoms with Gasteiger partial charge in [0, 0.05) is 4.70 Å². The van der Waals surface area contributed by atoms with Crippen LogP contribution in [0.4, 0.5) is 0 Å². The number of hydrogen-bond donors (Lipinski definition) is 0. The molecule has 0 atom stereocenters. The normalized spacial score (nSPS) is 11.2. The zero-order valence-corrected chi connectivity index (χ0v) is 9.01. The van der Waals surface area contributed by atoms with Gasteiger partial charge >= 0.3 is 10.0 Å². The maximum Gasteiger partial charge on any atom is 0.302 e. The summed E-state index contributed by atoms with van der Waals surface area (Å²) in [6, 6.07) is 8.74. The Labute approximate surface area is 89.9 Å². The lowest BCUT2D eigenvalue weighted by Gasteiger charge is -1.86. The monoisotopic (exact) mass is 239 g/mol. The van der Waals surface area contributed by atoms with E-state index in [1.807, 2.05) is 18.2 Å². The number of nitrogens with zero attached hydrogens (tertiary/aromatic N) is 1. The Balaban J connectivity index is 2.69. The number of benzene rings is 1. The molecule has 0 bridgehead atoms. The molecule has 15 heavy (non-hydrogen) atoms. The predicted molar refractivity (Wildman–Crippen MR) is 57.1 cm³/mol.